The maximum Gasteiger partial charge on any atom is 0.325 e. The summed E-state index contributed by atoms with van der Waals surface area (Å²) in [5.74, 6) is -2.79. The van der Waals surface area contributed by atoms with E-state index in [2.05, 4.69) is 10.6 Å². The van der Waals surface area contributed by atoms with Gasteiger partial charge in [-0.25, -0.2) is 0 Å². The monoisotopic (exact) mass is 308 g/mol. The molecule has 0 bridgehead atoms. The van der Waals surface area contributed by atoms with Gasteiger partial charge < -0.3 is 15.5 Å². The van der Waals surface area contributed by atoms with Gasteiger partial charge in [0.2, 0.25) is 5.91 Å². The van der Waals surface area contributed by atoms with E-state index < -0.39 is 36.0 Å². The van der Waals surface area contributed by atoms with Gasteiger partial charge in [-0.2, -0.15) is 0 Å². The molecule has 1 aromatic rings. The van der Waals surface area contributed by atoms with Crippen molar-refractivity contribution in [2.75, 3.05) is 0 Å². The van der Waals surface area contributed by atoms with Gasteiger partial charge in [0.1, 0.15) is 12.1 Å². The lowest BCUT2D eigenvalue weighted by atomic mass is 10.0. The second kappa shape index (κ2) is 8.14. The van der Waals surface area contributed by atoms with Gasteiger partial charge in [0.05, 0.1) is 6.04 Å². The van der Waals surface area contributed by atoms with E-state index in [-0.39, 0.29) is 6.42 Å². The lowest BCUT2D eigenvalue weighted by molar-refractivity contribution is -0.142. The Bertz CT molecular complexity index is 532. The quantitative estimate of drug-likeness (QED) is 0.547. The highest BCUT2D eigenvalue weighted by molar-refractivity contribution is 5.87. The van der Waals surface area contributed by atoms with Crippen LogP contribution in [0.25, 0.3) is 0 Å². The number of carbonyl (C=O) groups excluding carboxylic acids is 1. The van der Waals surface area contributed by atoms with Crippen LogP contribution in [0.5, 0.6) is 0 Å². The number of hydrogen-bond donors (Lipinski definition) is 4. The summed E-state index contributed by atoms with van der Waals surface area (Å²) in [6.45, 7) is 2.77. The van der Waals surface area contributed by atoms with Crippen molar-refractivity contribution >= 4 is 17.8 Å². The molecular weight excluding hydrogens is 288 g/mol. The molecule has 1 amide bonds. The molecular formula is C15H20N2O5. The molecule has 0 saturated carbocycles. The van der Waals surface area contributed by atoms with Crippen molar-refractivity contribution in [1.29, 1.82) is 0 Å². The molecule has 22 heavy (non-hydrogen) atoms. The molecule has 3 atom stereocenters. The fourth-order valence-corrected chi connectivity index (χ4v) is 1.83. The van der Waals surface area contributed by atoms with Crippen molar-refractivity contribution in [2.45, 2.75) is 38.4 Å². The molecule has 0 heterocycles. The molecule has 0 aromatic heterocycles. The van der Waals surface area contributed by atoms with Crippen molar-refractivity contribution in [3.63, 3.8) is 0 Å². The zero-order chi connectivity index (χ0) is 16.7. The smallest absolute Gasteiger partial charge is 0.325 e. The van der Waals surface area contributed by atoms with Crippen molar-refractivity contribution < 1.29 is 24.6 Å². The van der Waals surface area contributed by atoms with Crippen LogP contribution in [0.15, 0.2) is 30.3 Å². The first-order valence-corrected chi connectivity index (χ1v) is 6.87. The van der Waals surface area contributed by atoms with Crippen LogP contribution in [-0.4, -0.2) is 46.2 Å². The highest BCUT2D eigenvalue weighted by Crippen LogP contribution is 2.05. The van der Waals surface area contributed by atoms with E-state index in [9.17, 15) is 14.4 Å². The van der Waals surface area contributed by atoms with E-state index in [0.29, 0.717) is 0 Å². The molecule has 0 aliphatic carbocycles. The van der Waals surface area contributed by atoms with E-state index in [0.717, 1.165) is 5.56 Å². The Morgan fingerprint density at radius 1 is 1.00 bits per heavy atom. The van der Waals surface area contributed by atoms with Gasteiger partial charge >= 0.3 is 11.9 Å². The first kappa shape index (κ1) is 17.6. The van der Waals surface area contributed by atoms with Crippen molar-refractivity contribution in [2.24, 2.45) is 0 Å². The average molecular weight is 308 g/mol. The van der Waals surface area contributed by atoms with E-state index in [1.165, 1.54) is 13.8 Å². The van der Waals surface area contributed by atoms with Gasteiger partial charge in [0, 0.05) is 0 Å². The lowest BCUT2D eigenvalue weighted by Crippen LogP contribution is -2.53. The number of carbonyl (C=O) groups is 3. The van der Waals surface area contributed by atoms with Crippen LogP contribution in [0.2, 0.25) is 0 Å². The zero-order valence-electron chi connectivity index (χ0n) is 12.4. The molecule has 0 fully saturated rings. The second-order valence-electron chi connectivity index (χ2n) is 5.04. The van der Waals surface area contributed by atoms with E-state index in [1.807, 2.05) is 30.3 Å². The topological polar surface area (TPSA) is 116 Å². The van der Waals surface area contributed by atoms with E-state index in [4.69, 9.17) is 10.2 Å². The van der Waals surface area contributed by atoms with Gasteiger partial charge in [0.15, 0.2) is 0 Å². The number of rotatable bonds is 8. The van der Waals surface area contributed by atoms with Gasteiger partial charge in [-0.05, 0) is 25.8 Å². The van der Waals surface area contributed by atoms with Crippen LogP contribution in [0.1, 0.15) is 19.4 Å². The van der Waals surface area contributed by atoms with Crippen LogP contribution >= 0.6 is 0 Å². The van der Waals surface area contributed by atoms with Gasteiger partial charge in [-0.3, -0.25) is 19.7 Å². The number of carboxylic acid groups (broad SMARTS) is 2. The Morgan fingerprint density at radius 2 is 1.55 bits per heavy atom. The third kappa shape index (κ3) is 5.53. The molecule has 1 rings (SSSR count). The van der Waals surface area contributed by atoms with Gasteiger partial charge in [-0.1, -0.05) is 30.3 Å². The minimum atomic E-state index is -1.15. The first-order valence-electron chi connectivity index (χ1n) is 6.87. The largest absolute Gasteiger partial charge is 0.480 e. The molecule has 0 spiro atoms. The Morgan fingerprint density at radius 3 is 2.05 bits per heavy atom. The number of benzene rings is 1. The molecule has 0 saturated heterocycles. The zero-order valence-corrected chi connectivity index (χ0v) is 12.4. The predicted octanol–water partition coefficient (Wildman–Crippen LogP) is 0.250. The second-order valence-corrected chi connectivity index (χ2v) is 5.04. The average Bonchev–Trinajstić information content (AvgIpc) is 2.47. The maximum atomic E-state index is 12.2. The maximum absolute atomic E-state index is 12.2. The molecule has 4 N–H and O–H groups in total. The molecule has 0 radical (unpaired) electrons. The first-order chi connectivity index (χ1) is 10.3. The Kier molecular flexibility index (Phi) is 6.52. The molecule has 7 heteroatoms. The van der Waals surface area contributed by atoms with Crippen LogP contribution in [-0.2, 0) is 20.8 Å². The summed E-state index contributed by atoms with van der Waals surface area (Å²) in [6, 6.07) is 6.26. The Labute approximate surface area is 128 Å². The number of nitrogens with one attached hydrogen (secondary N) is 2. The molecule has 7 nitrogen and oxygen atoms in total. The van der Waals surface area contributed by atoms with E-state index >= 15 is 0 Å². The minimum Gasteiger partial charge on any atom is -0.480 e. The summed E-state index contributed by atoms with van der Waals surface area (Å²) in [7, 11) is 0. The number of carboxylic acids is 2. The third-order valence-corrected chi connectivity index (χ3v) is 3.15. The van der Waals surface area contributed by atoms with Crippen molar-refractivity contribution in [1.82, 2.24) is 10.6 Å². The van der Waals surface area contributed by atoms with E-state index in [1.54, 1.807) is 0 Å². The van der Waals surface area contributed by atoms with Crippen molar-refractivity contribution in [3.8, 4) is 0 Å². The molecule has 1 aromatic carbocycles. The summed E-state index contributed by atoms with van der Waals surface area (Å²) in [5, 5.41) is 22.9. The lowest BCUT2D eigenvalue weighted by Gasteiger charge is -2.22. The molecule has 120 valence electrons. The fourth-order valence-electron chi connectivity index (χ4n) is 1.83. The van der Waals surface area contributed by atoms with Gasteiger partial charge in [-0.15, -0.1) is 0 Å². The molecule has 0 aliphatic rings. The summed E-state index contributed by atoms with van der Waals surface area (Å²) in [6.07, 6.45) is 0.261. The Hall–Kier alpha value is -2.41. The number of amides is 1. The van der Waals surface area contributed by atoms with Crippen LogP contribution in [0, 0.1) is 0 Å². The number of aliphatic carboxylic acids is 2. The summed E-state index contributed by atoms with van der Waals surface area (Å²) >= 11 is 0. The molecule has 0 aliphatic heterocycles. The fraction of sp³-hybridized carbons (Fsp3) is 0.400. The Balaban J connectivity index is 2.83. The predicted molar refractivity (Wildman–Crippen MR) is 79.4 cm³/mol. The standard InChI is InChI=1S/C15H20N2O5/c1-9(14(19)20)16-12(8-11-6-4-3-5-7-11)13(18)17-10(2)15(21)22/h3-7,9-10,12,16H,8H2,1-2H3,(H,17,18)(H,19,20)(H,21,22)/t9?,10-,12-/m0/s1. The molecule has 1 unspecified atom stereocenters. The normalized spacial score (nSPS) is 14.6. The van der Waals surface area contributed by atoms with Crippen LogP contribution < -0.4 is 10.6 Å². The SMILES string of the molecule is CC(N[C@@H](Cc1ccccc1)C(=O)N[C@@H](C)C(=O)O)C(=O)O. The summed E-state index contributed by atoms with van der Waals surface area (Å²) < 4.78 is 0. The third-order valence-electron chi connectivity index (χ3n) is 3.15. The van der Waals surface area contributed by atoms with Crippen LogP contribution in [0.3, 0.4) is 0 Å². The summed E-state index contributed by atoms with van der Waals surface area (Å²) in [5.41, 5.74) is 0.843. The van der Waals surface area contributed by atoms with Gasteiger partial charge in [0.25, 0.3) is 0 Å². The highest BCUT2D eigenvalue weighted by Gasteiger charge is 2.26. The van der Waals surface area contributed by atoms with Crippen molar-refractivity contribution in [3.05, 3.63) is 35.9 Å². The summed E-state index contributed by atoms with van der Waals surface area (Å²) in [4.78, 5) is 34.0. The number of hydrogen-bond acceptors (Lipinski definition) is 4. The minimum absolute atomic E-state index is 0.261. The van der Waals surface area contributed by atoms with Crippen LogP contribution in [0.4, 0.5) is 0 Å². The highest BCUT2D eigenvalue weighted by atomic mass is 16.4.